The SMILES string of the molecule is Cc1nn(C)c(C)c1C1CC(c2cccc(-c3cncnc3)c2)N=C(N)S1. The molecule has 0 spiro atoms. The second-order valence-electron chi connectivity index (χ2n) is 6.79. The van der Waals surface area contributed by atoms with Crippen molar-refractivity contribution in [2.24, 2.45) is 17.8 Å². The van der Waals surface area contributed by atoms with Crippen LogP contribution in [-0.2, 0) is 7.05 Å². The first kappa shape index (κ1) is 17.7. The van der Waals surface area contributed by atoms with Crippen molar-refractivity contribution in [3.05, 3.63) is 65.5 Å². The summed E-state index contributed by atoms with van der Waals surface area (Å²) in [6.07, 6.45) is 6.09. The molecular weight excluding hydrogens is 356 g/mol. The number of hydrogen-bond donors (Lipinski definition) is 1. The predicted molar refractivity (Wildman–Crippen MR) is 109 cm³/mol. The molecule has 6 nitrogen and oxygen atoms in total. The minimum atomic E-state index is 0.0276. The third kappa shape index (κ3) is 3.47. The number of nitrogens with two attached hydrogens (primary N) is 1. The highest BCUT2D eigenvalue weighted by molar-refractivity contribution is 8.14. The minimum Gasteiger partial charge on any atom is -0.379 e. The van der Waals surface area contributed by atoms with E-state index in [0.29, 0.717) is 5.17 Å². The van der Waals surface area contributed by atoms with Crippen LogP contribution in [0.4, 0.5) is 0 Å². The van der Waals surface area contributed by atoms with Crippen molar-refractivity contribution in [2.45, 2.75) is 31.6 Å². The van der Waals surface area contributed by atoms with E-state index in [1.807, 2.05) is 24.1 Å². The van der Waals surface area contributed by atoms with Gasteiger partial charge >= 0.3 is 0 Å². The Morgan fingerprint density at radius 2 is 1.93 bits per heavy atom. The fraction of sp³-hybridized carbons (Fsp3) is 0.300. The standard InChI is InChI=1S/C20H22N6S/c1-12-19(13(2)26(3)25-12)18-8-17(24-20(21)27-18)15-6-4-5-14(7-15)16-9-22-11-23-10-16/h4-7,9-11,17-18H,8H2,1-3H3,(H2,21,24). The second-order valence-corrected chi connectivity index (χ2v) is 8.01. The minimum absolute atomic E-state index is 0.0276. The van der Waals surface area contributed by atoms with E-state index in [0.717, 1.165) is 28.8 Å². The number of amidine groups is 1. The van der Waals surface area contributed by atoms with E-state index in [2.05, 4.69) is 53.2 Å². The van der Waals surface area contributed by atoms with E-state index in [-0.39, 0.29) is 11.3 Å². The first-order valence-corrected chi connectivity index (χ1v) is 9.76. The molecule has 0 radical (unpaired) electrons. The van der Waals surface area contributed by atoms with E-state index in [4.69, 9.17) is 10.7 Å². The van der Waals surface area contributed by atoms with Gasteiger partial charge in [-0.05, 0) is 37.5 Å². The highest BCUT2D eigenvalue weighted by Crippen LogP contribution is 2.45. The maximum Gasteiger partial charge on any atom is 0.155 e. The van der Waals surface area contributed by atoms with E-state index in [1.165, 1.54) is 11.3 Å². The van der Waals surface area contributed by atoms with Gasteiger partial charge in [-0.2, -0.15) is 5.10 Å². The highest BCUT2D eigenvalue weighted by atomic mass is 32.2. The Morgan fingerprint density at radius 3 is 2.63 bits per heavy atom. The average Bonchev–Trinajstić information content (AvgIpc) is 2.94. The van der Waals surface area contributed by atoms with Crippen LogP contribution in [0.15, 0.2) is 48.0 Å². The molecule has 2 unspecified atom stereocenters. The molecule has 3 aromatic rings. The molecule has 0 saturated heterocycles. The maximum atomic E-state index is 6.21. The fourth-order valence-electron chi connectivity index (χ4n) is 3.65. The van der Waals surface area contributed by atoms with Gasteiger partial charge in [-0.1, -0.05) is 30.0 Å². The highest BCUT2D eigenvalue weighted by Gasteiger charge is 2.29. The Balaban J connectivity index is 1.67. The van der Waals surface area contributed by atoms with Gasteiger partial charge in [0, 0.05) is 41.5 Å². The summed E-state index contributed by atoms with van der Waals surface area (Å²) in [4.78, 5) is 13.0. The molecule has 1 aromatic carbocycles. The van der Waals surface area contributed by atoms with Crippen molar-refractivity contribution in [3.63, 3.8) is 0 Å². The number of aliphatic imine (C=N–C) groups is 1. The van der Waals surface area contributed by atoms with Crippen molar-refractivity contribution in [1.82, 2.24) is 19.7 Å². The Labute approximate surface area is 162 Å². The van der Waals surface area contributed by atoms with Gasteiger partial charge in [0.2, 0.25) is 0 Å². The van der Waals surface area contributed by atoms with Crippen LogP contribution in [-0.4, -0.2) is 24.9 Å². The first-order valence-electron chi connectivity index (χ1n) is 8.88. The summed E-state index contributed by atoms with van der Waals surface area (Å²) >= 11 is 1.63. The van der Waals surface area contributed by atoms with Crippen LogP contribution in [0, 0.1) is 13.8 Å². The zero-order valence-electron chi connectivity index (χ0n) is 15.6. The van der Waals surface area contributed by atoms with Crippen LogP contribution in [0.3, 0.4) is 0 Å². The van der Waals surface area contributed by atoms with Gasteiger partial charge < -0.3 is 5.73 Å². The Kier molecular flexibility index (Phi) is 4.70. The summed E-state index contributed by atoms with van der Waals surface area (Å²) in [7, 11) is 1.99. The molecule has 2 aromatic heterocycles. The molecule has 3 heterocycles. The van der Waals surface area contributed by atoms with E-state index >= 15 is 0 Å². The number of aromatic nitrogens is 4. The first-order chi connectivity index (χ1) is 13.0. The van der Waals surface area contributed by atoms with Gasteiger partial charge in [-0.15, -0.1) is 0 Å². The molecule has 0 amide bonds. The number of rotatable bonds is 3. The van der Waals surface area contributed by atoms with Crippen molar-refractivity contribution in [1.29, 1.82) is 0 Å². The topological polar surface area (TPSA) is 82.0 Å². The van der Waals surface area contributed by atoms with Crippen LogP contribution in [0.25, 0.3) is 11.1 Å². The van der Waals surface area contributed by atoms with Crippen molar-refractivity contribution >= 4 is 16.9 Å². The van der Waals surface area contributed by atoms with Crippen LogP contribution >= 0.6 is 11.8 Å². The average molecular weight is 379 g/mol. The van der Waals surface area contributed by atoms with Gasteiger partial charge in [0.15, 0.2) is 5.17 Å². The van der Waals surface area contributed by atoms with Crippen LogP contribution in [0.1, 0.15) is 40.2 Å². The van der Waals surface area contributed by atoms with Crippen LogP contribution in [0.2, 0.25) is 0 Å². The predicted octanol–water partition coefficient (Wildman–Crippen LogP) is 3.73. The summed E-state index contributed by atoms with van der Waals surface area (Å²) in [5.41, 5.74) is 13.0. The van der Waals surface area contributed by atoms with Crippen LogP contribution < -0.4 is 5.73 Å². The van der Waals surface area contributed by atoms with E-state index in [9.17, 15) is 0 Å². The quantitative estimate of drug-likeness (QED) is 0.751. The molecule has 7 heteroatoms. The van der Waals surface area contributed by atoms with Crippen molar-refractivity contribution < 1.29 is 0 Å². The molecular formula is C20H22N6S. The van der Waals surface area contributed by atoms with Crippen LogP contribution in [0.5, 0.6) is 0 Å². The summed E-state index contributed by atoms with van der Waals surface area (Å²) in [5.74, 6) is 0. The lowest BCUT2D eigenvalue weighted by molar-refractivity contribution is 0.635. The molecule has 1 aliphatic rings. The molecule has 1 aliphatic heterocycles. The zero-order chi connectivity index (χ0) is 19.0. The summed E-state index contributed by atoms with van der Waals surface area (Å²) < 4.78 is 1.94. The monoisotopic (exact) mass is 378 g/mol. The molecule has 0 aliphatic carbocycles. The third-order valence-electron chi connectivity index (χ3n) is 5.04. The molecule has 0 saturated carbocycles. The van der Waals surface area contributed by atoms with Gasteiger partial charge in [-0.3, -0.25) is 9.67 Å². The number of benzene rings is 1. The molecule has 2 atom stereocenters. The largest absolute Gasteiger partial charge is 0.379 e. The maximum absolute atomic E-state index is 6.21. The zero-order valence-corrected chi connectivity index (χ0v) is 16.4. The van der Waals surface area contributed by atoms with Gasteiger partial charge in [0.25, 0.3) is 0 Å². The Morgan fingerprint density at radius 1 is 1.15 bits per heavy atom. The van der Waals surface area contributed by atoms with Gasteiger partial charge in [0.05, 0.1) is 11.7 Å². The summed E-state index contributed by atoms with van der Waals surface area (Å²) in [5, 5.41) is 5.46. The molecule has 0 fully saturated rings. The summed E-state index contributed by atoms with van der Waals surface area (Å²) in [6.45, 7) is 4.18. The van der Waals surface area contributed by atoms with E-state index < -0.39 is 0 Å². The lowest BCUT2D eigenvalue weighted by Crippen LogP contribution is -2.19. The smallest absolute Gasteiger partial charge is 0.155 e. The lowest BCUT2D eigenvalue weighted by Gasteiger charge is -2.27. The van der Waals surface area contributed by atoms with Crippen molar-refractivity contribution in [3.8, 4) is 11.1 Å². The number of thioether (sulfide) groups is 1. The summed E-state index contributed by atoms with van der Waals surface area (Å²) in [6, 6.07) is 8.43. The Bertz CT molecular complexity index is 995. The molecule has 27 heavy (non-hydrogen) atoms. The Hall–Kier alpha value is -2.67. The lowest BCUT2D eigenvalue weighted by atomic mass is 9.95. The molecule has 4 rings (SSSR count). The molecule has 2 N–H and O–H groups in total. The number of hydrogen-bond acceptors (Lipinski definition) is 6. The van der Waals surface area contributed by atoms with E-state index in [1.54, 1.807) is 18.1 Å². The van der Waals surface area contributed by atoms with Gasteiger partial charge in [0.1, 0.15) is 6.33 Å². The molecule has 138 valence electrons. The molecule has 0 bridgehead atoms. The second kappa shape index (κ2) is 7.15. The number of aryl methyl sites for hydroxylation is 2. The number of nitrogens with zero attached hydrogens (tertiary/aromatic N) is 5. The van der Waals surface area contributed by atoms with Gasteiger partial charge in [-0.25, -0.2) is 9.97 Å². The third-order valence-corrected chi connectivity index (χ3v) is 6.10. The fourth-order valence-corrected chi connectivity index (χ4v) is 4.87. The normalized spacial score (nSPS) is 19.7. The van der Waals surface area contributed by atoms with Crippen molar-refractivity contribution in [2.75, 3.05) is 0 Å².